The monoisotopic (exact) mass is 274 g/mol. The van der Waals surface area contributed by atoms with Gasteiger partial charge < -0.3 is 10.4 Å². The summed E-state index contributed by atoms with van der Waals surface area (Å²) in [6, 6.07) is 3.53. The molecule has 0 radical (unpaired) electrons. The smallest absolute Gasteiger partial charge is 0.336 e. The Hall–Kier alpha value is -2.37. The molecule has 0 aliphatic rings. The Morgan fingerprint density at radius 2 is 2.10 bits per heavy atom. The first-order valence-electron chi connectivity index (χ1n) is 6.48. The highest BCUT2D eigenvalue weighted by Gasteiger charge is 2.10. The van der Waals surface area contributed by atoms with E-state index in [0.29, 0.717) is 12.1 Å². The van der Waals surface area contributed by atoms with Crippen LogP contribution in [-0.2, 0) is 13.1 Å². The fraction of sp³-hybridized carbons (Fsp3) is 0.357. The molecule has 0 aliphatic carbocycles. The molecule has 0 saturated heterocycles. The lowest BCUT2D eigenvalue weighted by atomic mass is 10.0. The van der Waals surface area contributed by atoms with E-state index in [1.54, 1.807) is 24.0 Å². The number of hydrogen-bond acceptors (Lipinski definition) is 4. The number of carboxylic acid groups (broad SMARTS) is 1. The molecular formula is C14H18N4O2. The summed E-state index contributed by atoms with van der Waals surface area (Å²) in [7, 11) is 0. The summed E-state index contributed by atoms with van der Waals surface area (Å²) in [6.07, 6.45) is 1.71. The van der Waals surface area contributed by atoms with Gasteiger partial charge in [0.05, 0.1) is 24.8 Å². The van der Waals surface area contributed by atoms with Crippen LogP contribution in [0.5, 0.6) is 0 Å². The van der Waals surface area contributed by atoms with Crippen LogP contribution >= 0.6 is 0 Å². The van der Waals surface area contributed by atoms with Gasteiger partial charge in [0.1, 0.15) is 5.69 Å². The topological polar surface area (TPSA) is 80.0 Å². The van der Waals surface area contributed by atoms with Crippen molar-refractivity contribution in [1.29, 1.82) is 0 Å². The lowest BCUT2D eigenvalue weighted by molar-refractivity contribution is 0.0696. The van der Waals surface area contributed by atoms with E-state index in [9.17, 15) is 4.79 Å². The van der Waals surface area contributed by atoms with Crippen LogP contribution in [0.15, 0.2) is 18.3 Å². The van der Waals surface area contributed by atoms with Crippen LogP contribution in [0.4, 0.5) is 5.69 Å². The normalized spacial score (nSPS) is 10.6. The molecule has 0 aliphatic heterocycles. The van der Waals surface area contributed by atoms with E-state index in [0.717, 1.165) is 29.1 Å². The van der Waals surface area contributed by atoms with Crippen LogP contribution in [0.1, 0.15) is 34.1 Å². The Labute approximate surface area is 117 Å². The van der Waals surface area contributed by atoms with Gasteiger partial charge in [0, 0.05) is 5.69 Å². The quantitative estimate of drug-likeness (QED) is 0.874. The van der Waals surface area contributed by atoms with Crippen molar-refractivity contribution >= 4 is 11.7 Å². The average molecular weight is 274 g/mol. The molecule has 2 N–H and O–H groups in total. The van der Waals surface area contributed by atoms with Crippen molar-refractivity contribution in [2.45, 2.75) is 33.9 Å². The number of aryl methyl sites for hydroxylation is 3. The number of aromatic nitrogens is 3. The third kappa shape index (κ3) is 2.96. The fourth-order valence-corrected chi connectivity index (χ4v) is 2.03. The molecule has 1 heterocycles. The first-order chi connectivity index (χ1) is 9.51. The van der Waals surface area contributed by atoms with Crippen LogP contribution in [0.2, 0.25) is 0 Å². The summed E-state index contributed by atoms with van der Waals surface area (Å²) < 4.78 is 0. The van der Waals surface area contributed by atoms with Crippen LogP contribution in [0.3, 0.4) is 0 Å². The number of benzene rings is 1. The Kier molecular flexibility index (Phi) is 4.02. The van der Waals surface area contributed by atoms with Gasteiger partial charge in [0.2, 0.25) is 0 Å². The molecule has 2 aromatic rings. The number of anilines is 1. The van der Waals surface area contributed by atoms with Gasteiger partial charge in [-0.05, 0) is 38.0 Å². The molecule has 106 valence electrons. The largest absolute Gasteiger partial charge is 0.478 e. The van der Waals surface area contributed by atoms with Crippen molar-refractivity contribution in [3.8, 4) is 0 Å². The Bertz CT molecular complexity index is 634. The maximum atomic E-state index is 11.1. The van der Waals surface area contributed by atoms with E-state index < -0.39 is 5.97 Å². The third-order valence-electron chi connectivity index (χ3n) is 3.13. The first kappa shape index (κ1) is 14.0. The van der Waals surface area contributed by atoms with E-state index in [-0.39, 0.29) is 0 Å². The van der Waals surface area contributed by atoms with E-state index in [2.05, 4.69) is 15.5 Å². The second-order valence-corrected chi connectivity index (χ2v) is 4.67. The molecule has 0 fully saturated rings. The first-order valence-corrected chi connectivity index (χ1v) is 6.48. The molecule has 0 unspecified atom stereocenters. The highest BCUT2D eigenvalue weighted by atomic mass is 16.4. The summed E-state index contributed by atoms with van der Waals surface area (Å²) in [5, 5.41) is 20.7. The molecule has 2 rings (SSSR count). The summed E-state index contributed by atoms with van der Waals surface area (Å²) >= 11 is 0. The van der Waals surface area contributed by atoms with Crippen molar-refractivity contribution in [2.24, 2.45) is 0 Å². The van der Waals surface area contributed by atoms with Crippen LogP contribution in [0, 0.1) is 13.8 Å². The molecule has 0 bridgehead atoms. The minimum absolute atomic E-state index is 0.315. The number of rotatable bonds is 5. The van der Waals surface area contributed by atoms with Gasteiger partial charge in [-0.3, -0.25) is 0 Å². The minimum Gasteiger partial charge on any atom is -0.478 e. The van der Waals surface area contributed by atoms with Crippen molar-refractivity contribution in [2.75, 3.05) is 5.32 Å². The lowest BCUT2D eigenvalue weighted by Gasteiger charge is -2.11. The van der Waals surface area contributed by atoms with Crippen molar-refractivity contribution in [3.05, 3.63) is 40.7 Å². The maximum absolute atomic E-state index is 11.1. The van der Waals surface area contributed by atoms with Gasteiger partial charge in [-0.15, -0.1) is 0 Å². The second kappa shape index (κ2) is 5.73. The van der Waals surface area contributed by atoms with E-state index >= 15 is 0 Å². The molecule has 0 atom stereocenters. The summed E-state index contributed by atoms with van der Waals surface area (Å²) in [6.45, 7) is 6.97. The number of nitrogens with one attached hydrogen (secondary N) is 1. The van der Waals surface area contributed by atoms with Crippen LogP contribution in [0.25, 0.3) is 0 Å². The standard InChI is InChI=1S/C14H18N4O2/c1-4-18-16-8-11(17-18)7-15-13-6-12(14(19)20)9(2)5-10(13)3/h5-6,8,15H,4,7H2,1-3H3,(H,19,20). The number of carbonyl (C=O) groups is 1. The number of hydrogen-bond donors (Lipinski definition) is 2. The number of nitrogens with zero attached hydrogens (tertiary/aromatic N) is 3. The molecule has 6 nitrogen and oxygen atoms in total. The molecular weight excluding hydrogens is 256 g/mol. The predicted octanol–water partition coefficient (Wildman–Crippen LogP) is 2.23. The Morgan fingerprint density at radius 3 is 2.70 bits per heavy atom. The highest BCUT2D eigenvalue weighted by molar-refractivity contribution is 5.91. The lowest BCUT2D eigenvalue weighted by Crippen LogP contribution is -2.07. The molecule has 0 amide bonds. The molecule has 1 aromatic heterocycles. The molecule has 0 saturated carbocycles. The van der Waals surface area contributed by atoms with Gasteiger partial charge in [0.15, 0.2) is 0 Å². The van der Waals surface area contributed by atoms with Crippen LogP contribution < -0.4 is 5.32 Å². The van der Waals surface area contributed by atoms with Gasteiger partial charge >= 0.3 is 5.97 Å². The predicted molar refractivity (Wildman–Crippen MR) is 75.9 cm³/mol. The van der Waals surface area contributed by atoms with E-state index in [1.165, 1.54) is 0 Å². The minimum atomic E-state index is -0.914. The van der Waals surface area contributed by atoms with Gasteiger partial charge in [-0.1, -0.05) is 6.07 Å². The highest BCUT2D eigenvalue weighted by Crippen LogP contribution is 2.21. The molecule has 6 heteroatoms. The van der Waals surface area contributed by atoms with E-state index in [1.807, 2.05) is 19.9 Å². The van der Waals surface area contributed by atoms with Crippen molar-refractivity contribution in [3.63, 3.8) is 0 Å². The van der Waals surface area contributed by atoms with Crippen molar-refractivity contribution in [1.82, 2.24) is 15.0 Å². The zero-order valence-electron chi connectivity index (χ0n) is 11.8. The summed E-state index contributed by atoms with van der Waals surface area (Å²) in [5.41, 5.74) is 3.71. The van der Waals surface area contributed by atoms with Crippen LogP contribution in [-0.4, -0.2) is 26.1 Å². The van der Waals surface area contributed by atoms with Crippen molar-refractivity contribution < 1.29 is 9.90 Å². The zero-order chi connectivity index (χ0) is 14.7. The number of aromatic carboxylic acids is 1. The Morgan fingerprint density at radius 1 is 1.35 bits per heavy atom. The summed E-state index contributed by atoms with van der Waals surface area (Å²) in [4.78, 5) is 12.8. The Balaban J connectivity index is 2.16. The molecule has 1 aromatic carbocycles. The average Bonchev–Trinajstić information content (AvgIpc) is 2.85. The number of carboxylic acids is 1. The fourth-order valence-electron chi connectivity index (χ4n) is 2.03. The van der Waals surface area contributed by atoms with Gasteiger partial charge in [0.25, 0.3) is 0 Å². The van der Waals surface area contributed by atoms with E-state index in [4.69, 9.17) is 5.11 Å². The maximum Gasteiger partial charge on any atom is 0.336 e. The van der Waals surface area contributed by atoms with Gasteiger partial charge in [-0.25, -0.2) is 4.79 Å². The SMILES string of the molecule is CCn1ncc(CNc2cc(C(=O)O)c(C)cc2C)n1. The van der Waals surface area contributed by atoms with Gasteiger partial charge in [-0.2, -0.15) is 15.0 Å². The second-order valence-electron chi connectivity index (χ2n) is 4.67. The summed E-state index contributed by atoms with van der Waals surface area (Å²) in [5.74, 6) is -0.914. The zero-order valence-corrected chi connectivity index (χ0v) is 11.8. The third-order valence-corrected chi connectivity index (χ3v) is 3.13. The molecule has 20 heavy (non-hydrogen) atoms. The molecule has 0 spiro atoms.